The highest BCUT2D eigenvalue weighted by Crippen LogP contribution is 2.24. The van der Waals surface area contributed by atoms with Crippen molar-refractivity contribution in [1.29, 1.82) is 0 Å². The van der Waals surface area contributed by atoms with Crippen LogP contribution in [-0.4, -0.2) is 59.8 Å². The van der Waals surface area contributed by atoms with E-state index in [1.165, 1.54) is 11.3 Å². The van der Waals surface area contributed by atoms with Crippen LogP contribution in [0.4, 0.5) is 5.13 Å². The molecule has 1 aliphatic rings. The summed E-state index contributed by atoms with van der Waals surface area (Å²) >= 11 is 1.37. The minimum Gasteiger partial charge on any atom is -0.365 e. The number of carbonyl (C=O) groups excluding carboxylic acids is 2. The highest BCUT2D eigenvalue weighted by molar-refractivity contribution is 7.17. The standard InChI is InChI=1S/C12H18N4O2S/c1-8-10(19-12(13-3)14-8)11(18)16-6-4-15(5-7-16)9(2)17/h4-7H2,1-3H3,(H,13,14). The van der Waals surface area contributed by atoms with Crippen molar-refractivity contribution in [2.24, 2.45) is 0 Å². The smallest absolute Gasteiger partial charge is 0.266 e. The summed E-state index contributed by atoms with van der Waals surface area (Å²) in [5.41, 5.74) is 0.758. The van der Waals surface area contributed by atoms with Crippen LogP contribution in [-0.2, 0) is 4.79 Å². The number of rotatable bonds is 2. The maximum Gasteiger partial charge on any atom is 0.266 e. The lowest BCUT2D eigenvalue weighted by Gasteiger charge is -2.34. The molecule has 0 radical (unpaired) electrons. The van der Waals surface area contributed by atoms with Crippen LogP contribution in [0.3, 0.4) is 0 Å². The minimum atomic E-state index is 0.0136. The highest BCUT2D eigenvalue weighted by atomic mass is 32.1. The topological polar surface area (TPSA) is 65.5 Å². The molecule has 19 heavy (non-hydrogen) atoms. The van der Waals surface area contributed by atoms with E-state index < -0.39 is 0 Å². The Balaban J connectivity index is 2.05. The first-order valence-electron chi connectivity index (χ1n) is 6.23. The van der Waals surface area contributed by atoms with Gasteiger partial charge in [0.25, 0.3) is 5.91 Å². The van der Waals surface area contributed by atoms with Gasteiger partial charge >= 0.3 is 0 Å². The number of nitrogens with zero attached hydrogens (tertiary/aromatic N) is 3. The third-order valence-electron chi connectivity index (χ3n) is 3.22. The Morgan fingerprint density at radius 3 is 2.26 bits per heavy atom. The van der Waals surface area contributed by atoms with E-state index in [9.17, 15) is 9.59 Å². The number of carbonyl (C=O) groups is 2. The molecule has 1 aliphatic heterocycles. The average molecular weight is 282 g/mol. The van der Waals surface area contributed by atoms with Crippen molar-refractivity contribution in [3.8, 4) is 0 Å². The summed E-state index contributed by atoms with van der Waals surface area (Å²) in [4.78, 5) is 32.2. The third-order valence-corrected chi connectivity index (χ3v) is 4.38. The highest BCUT2D eigenvalue weighted by Gasteiger charge is 2.25. The van der Waals surface area contributed by atoms with E-state index in [0.29, 0.717) is 31.1 Å². The zero-order valence-electron chi connectivity index (χ0n) is 11.4. The molecule has 1 fully saturated rings. The maximum atomic E-state index is 12.4. The molecule has 6 nitrogen and oxygen atoms in total. The number of aromatic nitrogens is 1. The first-order chi connectivity index (χ1) is 9.02. The molecule has 0 spiro atoms. The number of aryl methyl sites for hydroxylation is 1. The Morgan fingerprint density at radius 2 is 1.79 bits per heavy atom. The van der Waals surface area contributed by atoms with Gasteiger partial charge in [-0.1, -0.05) is 11.3 Å². The van der Waals surface area contributed by atoms with Gasteiger partial charge in [-0.2, -0.15) is 0 Å². The van der Waals surface area contributed by atoms with E-state index in [2.05, 4.69) is 10.3 Å². The second kappa shape index (κ2) is 5.56. The van der Waals surface area contributed by atoms with Gasteiger partial charge in [0.1, 0.15) is 4.88 Å². The predicted octanol–water partition coefficient (Wildman–Crippen LogP) is 0.798. The van der Waals surface area contributed by atoms with Crippen LogP contribution in [0.2, 0.25) is 0 Å². The van der Waals surface area contributed by atoms with Gasteiger partial charge in [-0.25, -0.2) is 4.98 Å². The molecule has 0 saturated carbocycles. The van der Waals surface area contributed by atoms with Crippen LogP contribution in [0.5, 0.6) is 0 Å². The lowest BCUT2D eigenvalue weighted by atomic mass is 10.2. The normalized spacial score (nSPS) is 15.5. The van der Waals surface area contributed by atoms with Gasteiger partial charge in [0.05, 0.1) is 5.69 Å². The van der Waals surface area contributed by atoms with Crippen molar-refractivity contribution in [2.75, 3.05) is 38.5 Å². The van der Waals surface area contributed by atoms with Crippen LogP contribution in [0.15, 0.2) is 0 Å². The zero-order valence-corrected chi connectivity index (χ0v) is 12.2. The summed E-state index contributed by atoms with van der Waals surface area (Å²) in [6.07, 6.45) is 0. The van der Waals surface area contributed by atoms with Gasteiger partial charge in [-0.3, -0.25) is 9.59 Å². The molecule has 0 unspecified atom stereocenters. The molecule has 1 aromatic rings. The quantitative estimate of drug-likeness (QED) is 0.871. The predicted molar refractivity (Wildman–Crippen MR) is 74.6 cm³/mol. The van der Waals surface area contributed by atoms with Crippen molar-refractivity contribution in [3.05, 3.63) is 10.6 Å². The second-order valence-electron chi connectivity index (χ2n) is 4.48. The van der Waals surface area contributed by atoms with E-state index in [-0.39, 0.29) is 11.8 Å². The second-order valence-corrected chi connectivity index (χ2v) is 5.48. The monoisotopic (exact) mass is 282 g/mol. The van der Waals surface area contributed by atoms with Gasteiger partial charge in [0.2, 0.25) is 5.91 Å². The van der Waals surface area contributed by atoms with E-state index in [4.69, 9.17) is 0 Å². The third kappa shape index (κ3) is 2.86. The first-order valence-corrected chi connectivity index (χ1v) is 7.04. The van der Waals surface area contributed by atoms with Crippen LogP contribution in [0.1, 0.15) is 22.3 Å². The van der Waals surface area contributed by atoms with Gasteiger partial charge < -0.3 is 15.1 Å². The molecule has 1 saturated heterocycles. The molecule has 7 heteroatoms. The van der Waals surface area contributed by atoms with E-state index in [0.717, 1.165) is 10.8 Å². The minimum absolute atomic E-state index is 0.0136. The molecule has 2 amide bonds. The number of anilines is 1. The van der Waals surface area contributed by atoms with Crippen LogP contribution >= 0.6 is 11.3 Å². The molecule has 2 heterocycles. The molecule has 1 N–H and O–H groups in total. The number of hydrogen-bond acceptors (Lipinski definition) is 5. The number of piperazine rings is 1. The van der Waals surface area contributed by atoms with Gasteiger partial charge in [0.15, 0.2) is 5.13 Å². The number of nitrogens with one attached hydrogen (secondary N) is 1. The van der Waals surface area contributed by atoms with Crippen LogP contribution < -0.4 is 5.32 Å². The lowest BCUT2D eigenvalue weighted by molar-refractivity contribution is -0.130. The average Bonchev–Trinajstić information content (AvgIpc) is 2.79. The van der Waals surface area contributed by atoms with Gasteiger partial charge in [0, 0.05) is 40.2 Å². The largest absolute Gasteiger partial charge is 0.365 e. The Morgan fingerprint density at radius 1 is 1.21 bits per heavy atom. The first kappa shape index (κ1) is 13.8. The van der Waals surface area contributed by atoms with E-state index in [1.807, 2.05) is 6.92 Å². The van der Waals surface area contributed by atoms with Crippen LogP contribution in [0, 0.1) is 6.92 Å². The molecule has 0 atom stereocenters. The molecule has 1 aromatic heterocycles. The fourth-order valence-electron chi connectivity index (χ4n) is 2.07. The SMILES string of the molecule is CNc1nc(C)c(C(=O)N2CCN(C(C)=O)CC2)s1. The number of amides is 2. The molecular formula is C12H18N4O2S. The zero-order chi connectivity index (χ0) is 14.0. The fraction of sp³-hybridized carbons (Fsp3) is 0.583. The van der Waals surface area contributed by atoms with E-state index >= 15 is 0 Å². The van der Waals surface area contributed by atoms with Crippen molar-refractivity contribution < 1.29 is 9.59 Å². The Kier molecular flexibility index (Phi) is 4.04. The summed E-state index contributed by atoms with van der Waals surface area (Å²) in [6, 6.07) is 0. The van der Waals surface area contributed by atoms with Crippen molar-refractivity contribution in [1.82, 2.24) is 14.8 Å². The van der Waals surface area contributed by atoms with Gasteiger partial charge in [-0.05, 0) is 6.92 Å². The summed E-state index contributed by atoms with van der Waals surface area (Å²) in [5, 5.41) is 3.70. The molecule has 0 bridgehead atoms. The van der Waals surface area contributed by atoms with Crippen molar-refractivity contribution >= 4 is 28.3 Å². The van der Waals surface area contributed by atoms with Gasteiger partial charge in [-0.15, -0.1) is 0 Å². The summed E-state index contributed by atoms with van der Waals surface area (Å²) in [6.45, 7) is 5.80. The van der Waals surface area contributed by atoms with E-state index in [1.54, 1.807) is 23.8 Å². The summed E-state index contributed by atoms with van der Waals surface area (Å²) in [7, 11) is 1.79. The molecular weight excluding hydrogens is 264 g/mol. The maximum absolute atomic E-state index is 12.4. The molecule has 2 rings (SSSR count). The Bertz CT molecular complexity index is 492. The summed E-state index contributed by atoms with van der Waals surface area (Å²) < 4.78 is 0. The molecule has 0 aromatic carbocycles. The number of hydrogen-bond donors (Lipinski definition) is 1. The number of thiazole rings is 1. The lowest BCUT2D eigenvalue weighted by Crippen LogP contribution is -2.50. The van der Waals surface area contributed by atoms with Crippen molar-refractivity contribution in [2.45, 2.75) is 13.8 Å². The molecule has 0 aliphatic carbocycles. The Labute approximate surface area is 116 Å². The van der Waals surface area contributed by atoms with Crippen LogP contribution in [0.25, 0.3) is 0 Å². The summed E-state index contributed by atoms with van der Waals surface area (Å²) in [5.74, 6) is 0.0817. The Hall–Kier alpha value is -1.63. The van der Waals surface area contributed by atoms with Crippen molar-refractivity contribution in [3.63, 3.8) is 0 Å². The molecule has 104 valence electrons. The fourth-order valence-corrected chi connectivity index (χ4v) is 2.96.